The number of piperidine rings is 1. The Morgan fingerprint density at radius 2 is 1.93 bits per heavy atom. The van der Waals surface area contributed by atoms with Crippen molar-refractivity contribution in [2.75, 3.05) is 13.1 Å². The Morgan fingerprint density at radius 1 is 1.33 bits per heavy atom. The number of rotatable bonds is 1. The van der Waals surface area contributed by atoms with Gasteiger partial charge in [-0.3, -0.25) is 4.98 Å². The zero-order chi connectivity index (χ0) is 10.7. The van der Waals surface area contributed by atoms with Crippen LogP contribution in [0.5, 0.6) is 0 Å². The summed E-state index contributed by atoms with van der Waals surface area (Å²) in [5.74, 6) is 0.545. The normalized spacial score (nSPS) is 17.7. The number of nitrogens with two attached hydrogens (primary N) is 1. The number of pyridine rings is 1. The molecule has 0 bridgehead atoms. The summed E-state index contributed by atoms with van der Waals surface area (Å²) < 4.78 is 0. The standard InChI is InChI=1S/C11H15N3O/c12-11(15)14-7-3-10(4-8-14)9-1-5-13-6-2-9/h1-2,5-6,10H,3-4,7-8H2,(H2,12,15). The van der Waals surface area contributed by atoms with Gasteiger partial charge in [-0.1, -0.05) is 0 Å². The Kier molecular flexibility index (Phi) is 2.85. The highest BCUT2D eigenvalue weighted by atomic mass is 16.2. The molecule has 1 aliphatic rings. The number of likely N-dealkylation sites (tertiary alicyclic amines) is 1. The Bertz CT molecular complexity index is 331. The van der Waals surface area contributed by atoms with Crippen LogP contribution in [0.4, 0.5) is 4.79 Å². The first-order chi connectivity index (χ1) is 7.27. The number of hydrogen-bond donors (Lipinski definition) is 1. The van der Waals surface area contributed by atoms with Gasteiger partial charge in [0.05, 0.1) is 0 Å². The van der Waals surface area contributed by atoms with E-state index in [1.807, 2.05) is 24.5 Å². The largest absolute Gasteiger partial charge is 0.351 e. The number of amides is 2. The van der Waals surface area contributed by atoms with Crippen LogP contribution in [0.2, 0.25) is 0 Å². The summed E-state index contributed by atoms with van der Waals surface area (Å²) in [4.78, 5) is 16.6. The minimum atomic E-state index is -0.303. The van der Waals surface area contributed by atoms with Crippen molar-refractivity contribution in [1.29, 1.82) is 0 Å². The molecule has 0 spiro atoms. The lowest BCUT2D eigenvalue weighted by Crippen LogP contribution is -2.41. The van der Waals surface area contributed by atoms with E-state index in [1.54, 1.807) is 4.90 Å². The molecule has 0 aromatic carbocycles. The van der Waals surface area contributed by atoms with Crippen LogP contribution < -0.4 is 5.73 Å². The summed E-state index contributed by atoms with van der Waals surface area (Å²) in [6, 6.07) is 3.79. The van der Waals surface area contributed by atoms with Crippen molar-refractivity contribution in [1.82, 2.24) is 9.88 Å². The lowest BCUT2D eigenvalue weighted by atomic mass is 9.90. The fraction of sp³-hybridized carbons (Fsp3) is 0.455. The van der Waals surface area contributed by atoms with Crippen LogP contribution in [-0.2, 0) is 0 Å². The van der Waals surface area contributed by atoms with Crippen LogP contribution in [0.25, 0.3) is 0 Å². The second-order valence-electron chi connectivity index (χ2n) is 3.88. The third kappa shape index (κ3) is 2.26. The number of nitrogens with zero attached hydrogens (tertiary/aromatic N) is 2. The molecule has 80 valence electrons. The van der Waals surface area contributed by atoms with E-state index in [0.717, 1.165) is 25.9 Å². The second-order valence-corrected chi connectivity index (χ2v) is 3.88. The van der Waals surface area contributed by atoms with Crippen molar-refractivity contribution in [3.05, 3.63) is 30.1 Å². The molecule has 2 N–H and O–H groups in total. The highest BCUT2D eigenvalue weighted by Gasteiger charge is 2.21. The molecule has 2 amide bonds. The number of urea groups is 1. The molecular formula is C11H15N3O. The number of hydrogen-bond acceptors (Lipinski definition) is 2. The summed E-state index contributed by atoms with van der Waals surface area (Å²) in [7, 11) is 0. The maximum absolute atomic E-state index is 10.9. The van der Waals surface area contributed by atoms with Crippen LogP contribution in [0, 0.1) is 0 Å². The fourth-order valence-electron chi connectivity index (χ4n) is 2.07. The molecular weight excluding hydrogens is 190 g/mol. The SMILES string of the molecule is NC(=O)N1CCC(c2ccncc2)CC1. The Labute approximate surface area is 89.1 Å². The van der Waals surface area contributed by atoms with Crippen molar-refractivity contribution < 1.29 is 4.79 Å². The highest BCUT2D eigenvalue weighted by Crippen LogP contribution is 2.27. The summed E-state index contributed by atoms with van der Waals surface area (Å²) in [6.45, 7) is 1.53. The number of carbonyl (C=O) groups excluding carboxylic acids is 1. The molecule has 0 saturated carbocycles. The number of carbonyl (C=O) groups is 1. The van der Waals surface area contributed by atoms with E-state index in [4.69, 9.17) is 5.73 Å². The molecule has 1 aromatic heterocycles. The van der Waals surface area contributed by atoms with Gasteiger partial charge in [-0.25, -0.2) is 4.79 Å². The molecule has 1 fully saturated rings. The van der Waals surface area contributed by atoms with Crippen molar-refractivity contribution in [2.24, 2.45) is 5.73 Å². The van der Waals surface area contributed by atoms with Gasteiger partial charge >= 0.3 is 6.03 Å². The Balaban J connectivity index is 1.97. The quantitative estimate of drug-likeness (QED) is 0.752. The average molecular weight is 205 g/mol. The van der Waals surface area contributed by atoms with Crippen LogP contribution in [0.3, 0.4) is 0 Å². The van der Waals surface area contributed by atoms with E-state index < -0.39 is 0 Å². The van der Waals surface area contributed by atoms with Gasteiger partial charge in [0.2, 0.25) is 0 Å². The van der Waals surface area contributed by atoms with Gasteiger partial charge in [0.1, 0.15) is 0 Å². The molecule has 1 aliphatic heterocycles. The first-order valence-electron chi connectivity index (χ1n) is 5.21. The average Bonchev–Trinajstić information content (AvgIpc) is 2.30. The first kappa shape index (κ1) is 9.96. The van der Waals surface area contributed by atoms with Gasteiger partial charge in [-0.15, -0.1) is 0 Å². The van der Waals surface area contributed by atoms with E-state index in [2.05, 4.69) is 4.98 Å². The van der Waals surface area contributed by atoms with E-state index >= 15 is 0 Å². The van der Waals surface area contributed by atoms with E-state index in [1.165, 1.54) is 5.56 Å². The van der Waals surface area contributed by atoms with Gasteiger partial charge in [0.15, 0.2) is 0 Å². The minimum absolute atomic E-state index is 0.303. The third-order valence-corrected chi connectivity index (χ3v) is 2.98. The van der Waals surface area contributed by atoms with E-state index in [0.29, 0.717) is 5.92 Å². The van der Waals surface area contributed by atoms with Gasteiger partial charge in [-0.2, -0.15) is 0 Å². The van der Waals surface area contributed by atoms with Crippen molar-refractivity contribution in [3.8, 4) is 0 Å². The van der Waals surface area contributed by atoms with Crippen molar-refractivity contribution >= 4 is 6.03 Å². The second kappa shape index (κ2) is 4.29. The van der Waals surface area contributed by atoms with E-state index in [-0.39, 0.29) is 6.03 Å². The molecule has 0 unspecified atom stereocenters. The van der Waals surface area contributed by atoms with E-state index in [9.17, 15) is 4.79 Å². The highest BCUT2D eigenvalue weighted by molar-refractivity contribution is 5.72. The smallest absolute Gasteiger partial charge is 0.314 e. The molecule has 4 heteroatoms. The molecule has 1 aromatic rings. The first-order valence-corrected chi connectivity index (χ1v) is 5.21. The van der Waals surface area contributed by atoms with Gasteiger partial charge in [0, 0.05) is 25.5 Å². The van der Waals surface area contributed by atoms with Crippen LogP contribution >= 0.6 is 0 Å². The zero-order valence-electron chi connectivity index (χ0n) is 8.60. The number of aromatic nitrogens is 1. The summed E-state index contributed by atoms with van der Waals surface area (Å²) >= 11 is 0. The van der Waals surface area contributed by atoms with Crippen LogP contribution in [0.1, 0.15) is 24.3 Å². The Morgan fingerprint density at radius 3 is 2.47 bits per heavy atom. The lowest BCUT2D eigenvalue weighted by molar-refractivity contribution is 0.190. The predicted octanol–water partition coefficient (Wildman–Crippen LogP) is 1.34. The third-order valence-electron chi connectivity index (χ3n) is 2.98. The van der Waals surface area contributed by atoms with Gasteiger partial charge < -0.3 is 10.6 Å². The molecule has 0 atom stereocenters. The fourth-order valence-corrected chi connectivity index (χ4v) is 2.07. The minimum Gasteiger partial charge on any atom is -0.351 e. The molecule has 4 nitrogen and oxygen atoms in total. The number of primary amides is 1. The maximum atomic E-state index is 10.9. The molecule has 0 radical (unpaired) electrons. The summed E-state index contributed by atoms with van der Waals surface area (Å²) in [5, 5.41) is 0. The van der Waals surface area contributed by atoms with Gasteiger partial charge in [-0.05, 0) is 36.5 Å². The lowest BCUT2D eigenvalue weighted by Gasteiger charge is -2.30. The topological polar surface area (TPSA) is 59.2 Å². The molecule has 2 rings (SSSR count). The monoisotopic (exact) mass is 205 g/mol. The summed E-state index contributed by atoms with van der Waals surface area (Å²) in [5.41, 5.74) is 6.54. The van der Waals surface area contributed by atoms with Crippen LogP contribution in [0.15, 0.2) is 24.5 Å². The van der Waals surface area contributed by atoms with Crippen LogP contribution in [-0.4, -0.2) is 29.0 Å². The van der Waals surface area contributed by atoms with Gasteiger partial charge in [0.25, 0.3) is 0 Å². The van der Waals surface area contributed by atoms with Crippen molar-refractivity contribution in [3.63, 3.8) is 0 Å². The Hall–Kier alpha value is -1.58. The molecule has 2 heterocycles. The zero-order valence-corrected chi connectivity index (χ0v) is 8.60. The molecule has 0 aliphatic carbocycles. The maximum Gasteiger partial charge on any atom is 0.314 e. The van der Waals surface area contributed by atoms with Crippen molar-refractivity contribution in [2.45, 2.75) is 18.8 Å². The molecule has 15 heavy (non-hydrogen) atoms. The predicted molar refractivity (Wildman–Crippen MR) is 57.4 cm³/mol. The molecule has 1 saturated heterocycles. The summed E-state index contributed by atoms with van der Waals surface area (Å²) in [6.07, 6.45) is 5.62.